The third-order valence-corrected chi connectivity index (χ3v) is 3.61. The summed E-state index contributed by atoms with van der Waals surface area (Å²) in [7, 11) is 0. The first-order valence-electron chi connectivity index (χ1n) is 5.96. The quantitative estimate of drug-likeness (QED) is 0.520. The van der Waals surface area contributed by atoms with E-state index in [0.717, 1.165) is 0 Å². The molecule has 0 aromatic carbocycles. The van der Waals surface area contributed by atoms with Crippen LogP contribution < -0.4 is 5.73 Å². The molecule has 4 atom stereocenters. The third kappa shape index (κ3) is 2.12. The van der Waals surface area contributed by atoms with Crippen molar-refractivity contribution < 1.29 is 14.7 Å². The molecule has 1 saturated heterocycles. The number of carbonyl (C=O) groups is 2. The Morgan fingerprint density at radius 2 is 1.82 bits per heavy atom. The zero-order valence-corrected chi connectivity index (χ0v) is 9.87. The Kier molecular flexibility index (Phi) is 3.31. The Morgan fingerprint density at radius 1 is 1.35 bits per heavy atom. The number of likely N-dealkylation sites (tertiary alicyclic amines) is 1. The van der Waals surface area contributed by atoms with E-state index >= 15 is 0 Å². The van der Waals surface area contributed by atoms with Gasteiger partial charge in [-0.1, -0.05) is 12.2 Å². The number of carbonyl (C=O) groups excluding carboxylic acids is 2. The van der Waals surface area contributed by atoms with Gasteiger partial charge >= 0.3 is 0 Å². The van der Waals surface area contributed by atoms with Gasteiger partial charge in [-0.25, -0.2) is 0 Å². The van der Waals surface area contributed by atoms with Gasteiger partial charge in [0.1, 0.15) is 0 Å². The number of hydrogen-bond donors (Lipinski definition) is 2. The summed E-state index contributed by atoms with van der Waals surface area (Å²) in [5.41, 5.74) is 5.70. The summed E-state index contributed by atoms with van der Waals surface area (Å²) in [5.74, 6) is -0.705. The van der Waals surface area contributed by atoms with Crippen LogP contribution in [0.1, 0.15) is 19.8 Å². The van der Waals surface area contributed by atoms with Crippen molar-refractivity contribution in [3.05, 3.63) is 12.2 Å². The van der Waals surface area contributed by atoms with Crippen LogP contribution in [0, 0.1) is 11.8 Å². The minimum atomic E-state index is -0.726. The topological polar surface area (TPSA) is 83.6 Å². The van der Waals surface area contributed by atoms with Crippen molar-refractivity contribution in [2.75, 3.05) is 6.54 Å². The highest BCUT2D eigenvalue weighted by molar-refractivity contribution is 6.05. The van der Waals surface area contributed by atoms with Crippen LogP contribution in [0.5, 0.6) is 0 Å². The lowest BCUT2D eigenvalue weighted by Crippen LogP contribution is -2.46. The number of nitrogens with two attached hydrogens (primary N) is 1. The van der Waals surface area contributed by atoms with Gasteiger partial charge in [-0.05, 0) is 19.8 Å². The fourth-order valence-electron chi connectivity index (χ4n) is 2.41. The predicted octanol–water partition coefficient (Wildman–Crippen LogP) is -0.354. The van der Waals surface area contributed by atoms with Crippen LogP contribution in [0.3, 0.4) is 0 Å². The van der Waals surface area contributed by atoms with Crippen molar-refractivity contribution in [2.45, 2.75) is 31.9 Å². The number of rotatable bonds is 3. The average molecular weight is 238 g/mol. The summed E-state index contributed by atoms with van der Waals surface area (Å²) >= 11 is 0. The molecule has 2 rings (SSSR count). The van der Waals surface area contributed by atoms with Gasteiger partial charge in [0.15, 0.2) is 0 Å². The number of hydrogen-bond acceptors (Lipinski definition) is 4. The maximum atomic E-state index is 12.0. The van der Waals surface area contributed by atoms with E-state index in [0.29, 0.717) is 12.8 Å². The van der Waals surface area contributed by atoms with E-state index in [9.17, 15) is 14.7 Å². The largest absolute Gasteiger partial charge is 0.392 e. The zero-order valence-electron chi connectivity index (χ0n) is 9.87. The first-order valence-corrected chi connectivity index (χ1v) is 5.96. The Balaban J connectivity index is 2.10. The molecule has 0 radical (unpaired) electrons. The minimum absolute atomic E-state index is 0.113. The van der Waals surface area contributed by atoms with Gasteiger partial charge in [0, 0.05) is 12.6 Å². The molecule has 2 amide bonds. The van der Waals surface area contributed by atoms with E-state index in [4.69, 9.17) is 5.73 Å². The van der Waals surface area contributed by atoms with Crippen molar-refractivity contribution in [3.63, 3.8) is 0 Å². The molecule has 0 spiro atoms. The standard InChI is InChI=1S/C12H18N2O3/c1-7(15)10(13)6-14-11(16)8-4-2-3-5-9(8)12(14)17/h2-3,7-10,15H,4-6,13H2,1H3/t7?,8-,9+,10?. The Morgan fingerprint density at radius 3 is 2.24 bits per heavy atom. The van der Waals surface area contributed by atoms with Gasteiger partial charge in [0.2, 0.25) is 11.8 Å². The van der Waals surface area contributed by atoms with Gasteiger partial charge in [-0.3, -0.25) is 14.5 Å². The summed E-state index contributed by atoms with van der Waals surface area (Å²) in [4.78, 5) is 25.3. The number of aliphatic hydroxyl groups excluding tert-OH is 1. The SMILES string of the molecule is CC(O)C(N)CN1C(=O)[C@H]2CC=CC[C@H]2C1=O. The first kappa shape index (κ1) is 12.3. The number of aliphatic hydroxyl groups is 1. The van der Waals surface area contributed by atoms with Crippen LogP contribution in [0.4, 0.5) is 0 Å². The number of nitrogens with zero attached hydrogens (tertiary/aromatic N) is 1. The molecule has 1 aliphatic carbocycles. The van der Waals surface area contributed by atoms with Crippen molar-refractivity contribution in [1.29, 1.82) is 0 Å². The van der Waals surface area contributed by atoms with Gasteiger partial charge in [0.25, 0.3) is 0 Å². The molecule has 5 heteroatoms. The van der Waals surface area contributed by atoms with Crippen molar-refractivity contribution in [3.8, 4) is 0 Å². The van der Waals surface area contributed by atoms with Crippen LogP contribution in [0.25, 0.3) is 0 Å². The molecule has 0 aromatic rings. The van der Waals surface area contributed by atoms with Gasteiger partial charge in [-0.2, -0.15) is 0 Å². The second-order valence-electron chi connectivity index (χ2n) is 4.85. The normalized spacial score (nSPS) is 31.6. The lowest BCUT2D eigenvalue weighted by molar-refractivity contribution is -0.140. The van der Waals surface area contributed by atoms with E-state index in [-0.39, 0.29) is 30.2 Å². The first-order chi connectivity index (χ1) is 8.02. The number of imide groups is 1. The van der Waals surface area contributed by atoms with Gasteiger partial charge in [0.05, 0.1) is 17.9 Å². The molecule has 1 fully saturated rings. The highest BCUT2D eigenvalue weighted by atomic mass is 16.3. The van der Waals surface area contributed by atoms with Crippen molar-refractivity contribution >= 4 is 11.8 Å². The van der Waals surface area contributed by atoms with E-state index in [1.54, 1.807) is 6.92 Å². The molecule has 2 unspecified atom stereocenters. The highest BCUT2D eigenvalue weighted by Gasteiger charge is 2.47. The third-order valence-electron chi connectivity index (χ3n) is 3.61. The summed E-state index contributed by atoms with van der Waals surface area (Å²) in [6, 6.07) is -0.573. The molecule has 5 nitrogen and oxygen atoms in total. The molecule has 17 heavy (non-hydrogen) atoms. The minimum Gasteiger partial charge on any atom is -0.392 e. The Bertz CT molecular complexity index is 339. The smallest absolute Gasteiger partial charge is 0.233 e. The predicted molar refractivity (Wildman–Crippen MR) is 61.7 cm³/mol. The molecular weight excluding hydrogens is 220 g/mol. The van der Waals surface area contributed by atoms with E-state index in [2.05, 4.69) is 0 Å². The molecule has 0 aromatic heterocycles. The van der Waals surface area contributed by atoms with Crippen LogP contribution >= 0.6 is 0 Å². The van der Waals surface area contributed by atoms with Gasteiger partial charge in [-0.15, -0.1) is 0 Å². The summed E-state index contributed by atoms with van der Waals surface area (Å²) < 4.78 is 0. The Hall–Kier alpha value is -1.20. The molecule has 1 aliphatic heterocycles. The fourth-order valence-corrected chi connectivity index (χ4v) is 2.41. The highest BCUT2D eigenvalue weighted by Crippen LogP contribution is 2.34. The summed E-state index contributed by atoms with van der Waals surface area (Å²) in [6.45, 7) is 1.67. The van der Waals surface area contributed by atoms with Crippen LogP contribution in [-0.4, -0.2) is 40.5 Å². The van der Waals surface area contributed by atoms with Crippen molar-refractivity contribution in [2.24, 2.45) is 17.6 Å². The van der Waals surface area contributed by atoms with E-state index in [1.807, 2.05) is 12.2 Å². The van der Waals surface area contributed by atoms with Crippen LogP contribution in [-0.2, 0) is 9.59 Å². The number of amides is 2. The maximum absolute atomic E-state index is 12.0. The number of fused-ring (bicyclic) bond motifs is 1. The van der Waals surface area contributed by atoms with E-state index in [1.165, 1.54) is 4.90 Å². The second kappa shape index (κ2) is 4.58. The summed E-state index contributed by atoms with van der Waals surface area (Å²) in [6.07, 6.45) is 4.44. The zero-order chi connectivity index (χ0) is 12.6. The monoisotopic (exact) mass is 238 g/mol. The lowest BCUT2D eigenvalue weighted by atomic mass is 9.85. The van der Waals surface area contributed by atoms with Crippen molar-refractivity contribution in [1.82, 2.24) is 4.90 Å². The van der Waals surface area contributed by atoms with Gasteiger partial charge < -0.3 is 10.8 Å². The Labute approximate surface area is 100 Å². The molecule has 0 saturated carbocycles. The average Bonchev–Trinajstić information content (AvgIpc) is 2.55. The summed E-state index contributed by atoms with van der Waals surface area (Å²) in [5, 5.41) is 9.33. The molecular formula is C12H18N2O3. The van der Waals surface area contributed by atoms with E-state index < -0.39 is 12.1 Å². The molecule has 1 heterocycles. The number of allylic oxidation sites excluding steroid dienone is 2. The molecule has 2 aliphatic rings. The molecule has 3 N–H and O–H groups in total. The van der Waals surface area contributed by atoms with Crippen LogP contribution in [0.2, 0.25) is 0 Å². The van der Waals surface area contributed by atoms with Crippen LogP contribution in [0.15, 0.2) is 12.2 Å². The molecule has 94 valence electrons. The maximum Gasteiger partial charge on any atom is 0.233 e. The fraction of sp³-hybridized carbons (Fsp3) is 0.667. The lowest BCUT2D eigenvalue weighted by Gasteiger charge is -2.21. The molecule has 0 bridgehead atoms. The second-order valence-corrected chi connectivity index (χ2v) is 4.85.